The third-order valence-corrected chi connectivity index (χ3v) is 3.93. The van der Waals surface area contributed by atoms with Gasteiger partial charge in [-0.2, -0.15) is 0 Å². The summed E-state index contributed by atoms with van der Waals surface area (Å²) in [5.74, 6) is 1.80. The summed E-state index contributed by atoms with van der Waals surface area (Å²) in [6.45, 7) is 6.78. The van der Waals surface area contributed by atoms with Crippen LogP contribution in [0.25, 0.3) is 0 Å². The summed E-state index contributed by atoms with van der Waals surface area (Å²) in [5, 5.41) is 0. The van der Waals surface area contributed by atoms with E-state index in [1.54, 1.807) is 0 Å². The second-order valence-corrected chi connectivity index (χ2v) is 6.31. The molecule has 0 heterocycles. The highest BCUT2D eigenvalue weighted by Gasteiger charge is 2.15. The summed E-state index contributed by atoms with van der Waals surface area (Å²) in [7, 11) is 0. The number of hydrogen-bond donors (Lipinski definition) is 0. The molecule has 0 aromatic heterocycles. The highest BCUT2D eigenvalue weighted by atomic mass is 16.5. The van der Waals surface area contributed by atoms with Gasteiger partial charge in [0.1, 0.15) is 5.75 Å². The highest BCUT2D eigenvalue weighted by molar-refractivity contribution is 5.35. The Hall–Kier alpha value is -0.980. The molecule has 1 nitrogen and oxygen atoms in total. The molecule has 1 aliphatic carbocycles. The maximum absolute atomic E-state index is 6.22. The van der Waals surface area contributed by atoms with E-state index in [2.05, 4.69) is 39.0 Å². The molecule has 1 saturated carbocycles. The van der Waals surface area contributed by atoms with Gasteiger partial charge < -0.3 is 4.74 Å². The molecule has 19 heavy (non-hydrogen) atoms. The molecule has 0 amide bonds. The zero-order valence-corrected chi connectivity index (χ0v) is 12.7. The van der Waals surface area contributed by atoms with Gasteiger partial charge in [0.15, 0.2) is 0 Å². The second-order valence-electron chi connectivity index (χ2n) is 6.31. The molecule has 0 atom stereocenters. The summed E-state index contributed by atoms with van der Waals surface area (Å²) >= 11 is 0. The van der Waals surface area contributed by atoms with Crippen LogP contribution in [0, 0.1) is 5.92 Å². The lowest BCUT2D eigenvalue weighted by Gasteiger charge is -2.23. The molecule has 0 aliphatic heterocycles. The molecule has 0 unspecified atom stereocenters. The molecule has 0 radical (unpaired) electrons. The molecule has 106 valence electrons. The first-order chi connectivity index (χ1) is 9.17. The van der Waals surface area contributed by atoms with E-state index >= 15 is 0 Å². The quantitative estimate of drug-likeness (QED) is 0.710. The minimum absolute atomic E-state index is 0.452. The number of hydrogen-bond acceptors (Lipinski definition) is 1. The number of benzene rings is 1. The van der Waals surface area contributed by atoms with Gasteiger partial charge in [-0.3, -0.25) is 0 Å². The van der Waals surface area contributed by atoms with Crippen molar-refractivity contribution in [3.05, 3.63) is 29.3 Å². The number of ether oxygens (including phenoxy) is 1. The molecule has 0 N–H and O–H groups in total. The van der Waals surface area contributed by atoms with Crippen molar-refractivity contribution >= 4 is 0 Å². The van der Waals surface area contributed by atoms with Crippen molar-refractivity contribution in [1.29, 1.82) is 0 Å². The van der Waals surface area contributed by atoms with Gasteiger partial charge in [0, 0.05) is 0 Å². The van der Waals surface area contributed by atoms with Crippen LogP contribution < -0.4 is 4.74 Å². The normalized spacial score (nSPS) is 16.8. The van der Waals surface area contributed by atoms with Gasteiger partial charge in [-0.05, 0) is 67.7 Å². The standard InChI is InChI=1S/C18H28O/c1-4-15-11-16(10-14(2)3)13-18(12-15)19-17-8-6-5-7-9-17/h11-14,17H,4-10H2,1-3H3. The van der Waals surface area contributed by atoms with E-state index in [1.807, 2.05) is 0 Å². The van der Waals surface area contributed by atoms with E-state index < -0.39 is 0 Å². The molecule has 1 aromatic carbocycles. The highest BCUT2D eigenvalue weighted by Crippen LogP contribution is 2.26. The minimum Gasteiger partial charge on any atom is -0.490 e. The van der Waals surface area contributed by atoms with Crippen molar-refractivity contribution in [2.45, 2.75) is 71.8 Å². The average Bonchev–Trinajstić information content (AvgIpc) is 2.38. The van der Waals surface area contributed by atoms with Crippen LogP contribution in [0.5, 0.6) is 5.75 Å². The Morgan fingerprint density at radius 2 is 1.74 bits per heavy atom. The average molecular weight is 260 g/mol. The Labute approximate surface area is 118 Å². The third kappa shape index (κ3) is 4.56. The maximum Gasteiger partial charge on any atom is 0.120 e. The van der Waals surface area contributed by atoms with Crippen molar-refractivity contribution in [1.82, 2.24) is 0 Å². The predicted octanol–water partition coefficient (Wildman–Crippen LogP) is 5.16. The summed E-state index contributed by atoms with van der Waals surface area (Å²) < 4.78 is 6.22. The van der Waals surface area contributed by atoms with E-state index in [1.165, 1.54) is 43.2 Å². The van der Waals surface area contributed by atoms with E-state index in [0.29, 0.717) is 12.0 Å². The van der Waals surface area contributed by atoms with Crippen LogP contribution >= 0.6 is 0 Å². The van der Waals surface area contributed by atoms with Gasteiger partial charge in [0.05, 0.1) is 6.10 Å². The van der Waals surface area contributed by atoms with E-state index in [-0.39, 0.29) is 0 Å². The minimum atomic E-state index is 0.452. The third-order valence-electron chi connectivity index (χ3n) is 3.93. The van der Waals surface area contributed by atoms with E-state index in [4.69, 9.17) is 4.74 Å². The topological polar surface area (TPSA) is 9.23 Å². The van der Waals surface area contributed by atoms with Crippen LogP contribution in [-0.4, -0.2) is 6.10 Å². The Bertz CT molecular complexity index is 389. The van der Waals surface area contributed by atoms with Crippen molar-refractivity contribution in [2.75, 3.05) is 0 Å². The first kappa shape index (κ1) is 14.4. The van der Waals surface area contributed by atoms with Crippen LogP contribution in [0.2, 0.25) is 0 Å². The van der Waals surface area contributed by atoms with Gasteiger partial charge >= 0.3 is 0 Å². The number of aryl methyl sites for hydroxylation is 1. The van der Waals surface area contributed by atoms with Gasteiger partial charge in [-0.1, -0.05) is 33.3 Å². The molecule has 0 saturated heterocycles. The molecule has 1 fully saturated rings. The second kappa shape index (κ2) is 6.98. The van der Waals surface area contributed by atoms with Gasteiger partial charge in [0.25, 0.3) is 0 Å². The first-order valence-corrected chi connectivity index (χ1v) is 7.97. The molecule has 0 spiro atoms. The monoisotopic (exact) mass is 260 g/mol. The SMILES string of the molecule is CCc1cc(CC(C)C)cc(OC2CCCCC2)c1. The summed E-state index contributed by atoms with van der Waals surface area (Å²) in [6.07, 6.45) is 9.20. The molecule has 1 aliphatic rings. The Morgan fingerprint density at radius 1 is 1.05 bits per heavy atom. The predicted molar refractivity (Wildman–Crippen MR) is 81.9 cm³/mol. The molecular weight excluding hydrogens is 232 g/mol. The summed E-state index contributed by atoms with van der Waals surface area (Å²) in [5.41, 5.74) is 2.84. The number of rotatable bonds is 5. The van der Waals surface area contributed by atoms with Crippen molar-refractivity contribution < 1.29 is 4.74 Å². The smallest absolute Gasteiger partial charge is 0.120 e. The zero-order valence-electron chi connectivity index (χ0n) is 12.7. The molecule has 0 bridgehead atoms. The molecule has 2 rings (SSSR count). The van der Waals surface area contributed by atoms with Crippen molar-refractivity contribution in [3.63, 3.8) is 0 Å². The fourth-order valence-corrected chi connectivity index (χ4v) is 2.97. The van der Waals surface area contributed by atoms with Crippen LogP contribution in [0.4, 0.5) is 0 Å². The lowest BCUT2D eigenvalue weighted by molar-refractivity contribution is 0.155. The van der Waals surface area contributed by atoms with Crippen LogP contribution in [0.3, 0.4) is 0 Å². The molecular formula is C18H28O. The summed E-state index contributed by atoms with van der Waals surface area (Å²) in [6, 6.07) is 6.83. The Balaban J connectivity index is 2.09. The Morgan fingerprint density at radius 3 is 2.37 bits per heavy atom. The van der Waals surface area contributed by atoms with Gasteiger partial charge in [-0.25, -0.2) is 0 Å². The van der Waals surface area contributed by atoms with Crippen molar-refractivity contribution in [2.24, 2.45) is 5.92 Å². The first-order valence-electron chi connectivity index (χ1n) is 7.97. The summed E-state index contributed by atoms with van der Waals surface area (Å²) in [4.78, 5) is 0. The van der Waals surface area contributed by atoms with Crippen LogP contribution in [-0.2, 0) is 12.8 Å². The van der Waals surface area contributed by atoms with E-state index in [9.17, 15) is 0 Å². The zero-order chi connectivity index (χ0) is 13.7. The molecule has 1 aromatic rings. The molecule has 1 heteroatoms. The maximum atomic E-state index is 6.22. The van der Waals surface area contributed by atoms with E-state index in [0.717, 1.165) is 18.6 Å². The van der Waals surface area contributed by atoms with Crippen LogP contribution in [0.1, 0.15) is 64.0 Å². The lowest BCUT2D eigenvalue weighted by Crippen LogP contribution is -2.19. The lowest BCUT2D eigenvalue weighted by atomic mass is 9.97. The largest absolute Gasteiger partial charge is 0.490 e. The fourth-order valence-electron chi connectivity index (χ4n) is 2.97. The van der Waals surface area contributed by atoms with Crippen molar-refractivity contribution in [3.8, 4) is 5.75 Å². The van der Waals surface area contributed by atoms with Gasteiger partial charge in [0.2, 0.25) is 0 Å². The van der Waals surface area contributed by atoms with Gasteiger partial charge in [-0.15, -0.1) is 0 Å². The fraction of sp³-hybridized carbons (Fsp3) is 0.667. The Kier molecular flexibility index (Phi) is 5.30. The van der Waals surface area contributed by atoms with Crippen LogP contribution in [0.15, 0.2) is 18.2 Å².